The summed E-state index contributed by atoms with van der Waals surface area (Å²) >= 11 is 0. The summed E-state index contributed by atoms with van der Waals surface area (Å²) in [5.74, 6) is 0.655. The van der Waals surface area contributed by atoms with Gasteiger partial charge in [0.25, 0.3) is 5.91 Å². The number of hydrogen-bond acceptors (Lipinski definition) is 2. The normalized spacial score (nSPS) is 10.4. The molecule has 1 amide bonds. The molecule has 0 aliphatic carbocycles. The number of benzene rings is 2. The van der Waals surface area contributed by atoms with Crippen LogP contribution < -0.4 is 10.1 Å². The minimum Gasteiger partial charge on any atom is -0.484 e. The molecule has 0 radical (unpaired) electrons. The van der Waals surface area contributed by atoms with Gasteiger partial charge in [-0.3, -0.25) is 4.79 Å². The van der Waals surface area contributed by atoms with Gasteiger partial charge in [-0.05, 0) is 48.1 Å². The first kappa shape index (κ1) is 17.1. The summed E-state index contributed by atoms with van der Waals surface area (Å²) in [6.07, 6.45) is 1.97. The van der Waals surface area contributed by atoms with Gasteiger partial charge in [-0.15, -0.1) is 0 Å². The van der Waals surface area contributed by atoms with Crippen LogP contribution in [0.3, 0.4) is 0 Å². The minimum absolute atomic E-state index is 0.0414. The van der Waals surface area contributed by atoms with E-state index in [2.05, 4.69) is 37.4 Å². The first-order chi connectivity index (χ1) is 11.1. The lowest BCUT2D eigenvalue weighted by Crippen LogP contribution is -2.29. The zero-order valence-corrected chi connectivity index (χ0v) is 14.2. The van der Waals surface area contributed by atoms with Gasteiger partial charge in [0.2, 0.25) is 0 Å². The molecule has 0 aliphatic rings. The van der Waals surface area contributed by atoms with Crippen LogP contribution in [0, 0.1) is 6.92 Å². The van der Waals surface area contributed by atoms with Crippen LogP contribution in [0.15, 0.2) is 42.5 Å². The van der Waals surface area contributed by atoms with Gasteiger partial charge < -0.3 is 10.1 Å². The smallest absolute Gasteiger partial charge is 0.258 e. The first-order valence-electron chi connectivity index (χ1n) is 8.19. The van der Waals surface area contributed by atoms with E-state index in [0.717, 1.165) is 24.2 Å². The molecule has 0 heterocycles. The number of ether oxygens (including phenoxy) is 1. The zero-order chi connectivity index (χ0) is 16.7. The Bertz CT molecular complexity index is 664. The summed E-state index contributed by atoms with van der Waals surface area (Å²) in [4.78, 5) is 12.0. The highest BCUT2D eigenvalue weighted by molar-refractivity contribution is 5.77. The molecule has 122 valence electrons. The molecule has 0 unspecified atom stereocenters. The van der Waals surface area contributed by atoms with Crippen LogP contribution in [-0.4, -0.2) is 12.5 Å². The monoisotopic (exact) mass is 311 g/mol. The van der Waals surface area contributed by atoms with Gasteiger partial charge in [0.15, 0.2) is 6.61 Å². The molecule has 2 rings (SSSR count). The number of hydrogen-bond donors (Lipinski definition) is 1. The highest BCUT2D eigenvalue weighted by atomic mass is 16.5. The molecule has 0 bridgehead atoms. The number of carbonyl (C=O) groups excluding carboxylic acids is 1. The lowest BCUT2D eigenvalue weighted by Gasteiger charge is -2.12. The number of aryl methyl sites for hydroxylation is 3. The predicted octanol–water partition coefficient (Wildman–Crippen LogP) is 3.82. The number of nitrogens with one attached hydrogen (secondary N) is 1. The molecule has 3 heteroatoms. The maximum absolute atomic E-state index is 12.0. The molecule has 0 aliphatic heterocycles. The van der Waals surface area contributed by atoms with E-state index in [4.69, 9.17) is 4.74 Å². The lowest BCUT2D eigenvalue weighted by molar-refractivity contribution is -0.123. The van der Waals surface area contributed by atoms with E-state index in [1.165, 1.54) is 16.7 Å². The second kappa shape index (κ2) is 8.37. The van der Waals surface area contributed by atoms with Gasteiger partial charge in [-0.1, -0.05) is 50.2 Å². The van der Waals surface area contributed by atoms with Gasteiger partial charge in [-0.2, -0.15) is 0 Å². The number of carbonyl (C=O) groups is 1. The third kappa shape index (κ3) is 4.85. The van der Waals surface area contributed by atoms with Gasteiger partial charge >= 0.3 is 0 Å². The molecule has 0 spiro atoms. The molecule has 0 saturated carbocycles. The fraction of sp³-hybridized carbons (Fsp3) is 0.350. The minimum atomic E-state index is -0.0998. The summed E-state index contributed by atoms with van der Waals surface area (Å²) < 4.78 is 5.58. The fourth-order valence-electron chi connectivity index (χ4n) is 2.52. The Labute approximate surface area is 138 Å². The predicted molar refractivity (Wildman–Crippen MR) is 93.7 cm³/mol. The number of para-hydroxylation sites is 1. The SMILES string of the molecule is CCc1ccc(CC)c(CNC(=O)COc2ccccc2C)c1. The van der Waals surface area contributed by atoms with Gasteiger partial charge in [0, 0.05) is 6.54 Å². The third-order valence-corrected chi connectivity index (χ3v) is 3.99. The van der Waals surface area contributed by atoms with Crippen molar-refractivity contribution in [1.82, 2.24) is 5.32 Å². The first-order valence-corrected chi connectivity index (χ1v) is 8.19. The van der Waals surface area contributed by atoms with Crippen LogP contribution in [0.5, 0.6) is 5.75 Å². The van der Waals surface area contributed by atoms with Crippen LogP contribution in [0.4, 0.5) is 0 Å². The highest BCUT2D eigenvalue weighted by Crippen LogP contribution is 2.16. The molecule has 2 aromatic carbocycles. The van der Waals surface area contributed by atoms with Crippen molar-refractivity contribution in [3.63, 3.8) is 0 Å². The quantitative estimate of drug-likeness (QED) is 0.844. The maximum atomic E-state index is 12.0. The summed E-state index contributed by atoms with van der Waals surface area (Å²) in [5.41, 5.74) is 4.80. The van der Waals surface area contributed by atoms with E-state index in [0.29, 0.717) is 6.54 Å². The topological polar surface area (TPSA) is 38.3 Å². The second-order valence-electron chi connectivity index (χ2n) is 5.64. The van der Waals surface area contributed by atoms with Crippen molar-refractivity contribution in [1.29, 1.82) is 0 Å². The van der Waals surface area contributed by atoms with Crippen molar-refractivity contribution < 1.29 is 9.53 Å². The van der Waals surface area contributed by atoms with E-state index in [9.17, 15) is 4.79 Å². The molecule has 0 atom stereocenters. The van der Waals surface area contributed by atoms with E-state index >= 15 is 0 Å². The van der Waals surface area contributed by atoms with Crippen LogP contribution in [0.25, 0.3) is 0 Å². The third-order valence-electron chi connectivity index (χ3n) is 3.99. The van der Waals surface area contributed by atoms with Crippen molar-refractivity contribution in [3.8, 4) is 5.75 Å². The molecule has 2 aromatic rings. The van der Waals surface area contributed by atoms with Crippen molar-refractivity contribution in [2.75, 3.05) is 6.61 Å². The van der Waals surface area contributed by atoms with Gasteiger partial charge in [-0.25, -0.2) is 0 Å². The van der Waals surface area contributed by atoms with Crippen LogP contribution in [-0.2, 0) is 24.2 Å². The summed E-state index contributed by atoms with van der Waals surface area (Å²) in [6, 6.07) is 14.2. The summed E-state index contributed by atoms with van der Waals surface area (Å²) in [6.45, 7) is 6.83. The molecule has 0 aromatic heterocycles. The Kier molecular flexibility index (Phi) is 6.21. The van der Waals surface area contributed by atoms with Crippen molar-refractivity contribution in [2.45, 2.75) is 40.2 Å². The molecule has 23 heavy (non-hydrogen) atoms. The largest absolute Gasteiger partial charge is 0.484 e. The molecule has 3 nitrogen and oxygen atoms in total. The van der Waals surface area contributed by atoms with Crippen LogP contribution in [0.2, 0.25) is 0 Å². The Hall–Kier alpha value is -2.29. The number of rotatable bonds is 7. The van der Waals surface area contributed by atoms with Crippen LogP contribution >= 0.6 is 0 Å². The Morgan fingerprint density at radius 1 is 1.04 bits per heavy atom. The summed E-state index contributed by atoms with van der Waals surface area (Å²) in [7, 11) is 0. The van der Waals surface area contributed by atoms with Crippen molar-refractivity contribution >= 4 is 5.91 Å². The van der Waals surface area contributed by atoms with E-state index in [-0.39, 0.29) is 12.5 Å². The molecule has 1 N–H and O–H groups in total. The number of amides is 1. The lowest BCUT2D eigenvalue weighted by atomic mass is 10.0. The van der Waals surface area contributed by atoms with E-state index in [1.807, 2.05) is 31.2 Å². The van der Waals surface area contributed by atoms with Crippen molar-refractivity contribution in [3.05, 3.63) is 64.7 Å². The average molecular weight is 311 g/mol. The zero-order valence-electron chi connectivity index (χ0n) is 14.2. The van der Waals surface area contributed by atoms with E-state index in [1.54, 1.807) is 0 Å². The standard InChI is InChI=1S/C20H25NO2/c1-4-16-10-11-17(5-2)18(12-16)13-21-20(22)14-23-19-9-7-6-8-15(19)3/h6-12H,4-5,13-14H2,1-3H3,(H,21,22). The Morgan fingerprint density at radius 3 is 2.52 bits per heavy atom. The van der Waals surface area contributed by atoms with Crippen LogP contribution in [0.1, 0.15) is 36.1 Å². The highest BCUT2D eigenvalue weighted by Gasteiger charge is 2.07. The molecule has 0 fully saturated rings. The van der Waals surface area contributed by atoms with Crippen molar-refractivity contribution in [2.24, 2.45) is 0 Å². The maximum Gasteiger partial charge on any atom is 0.258 e. The Morgan fingerprint density at radius 2 is 1.83 bits per heavy atom. The Balaban J connectivity index is 1.90. The molecule has 0 saturated heterocycles. The van der Waals surface area contributed by atoms with Gasteiger partial charge in [0.1, 0.15) is 5.75 Å². The average Bonchev–Trinajstić information content (AvgIpc) is 2.58. The molecular weight excluding hydrogens is 286 g/mol. The van der Waals surface area contributed by atoms with Gasteiger partial charge in [0.05, 0.1) is 0 Å². The second-order valence-corrected chi connectivity index (χ2v) is 5.64. The molecular formula is C20H25NO2. The fourth-order valence-corrected chi connectivity index (χ4v) is 2.52. The summed E-state index contributed by atoms with van der Waals surface area (Å²) in [5, 5.41) is 2.95. The van der Waals surface area contributed by atoms with E-state index < -0.39 is 0 Å².